The normalized spacial score (nSPS) is 10.6. The van der Waals surface area contributed by atoms with E-state index in [9.17, 15) is 3.32 Å². The Balaban J connectivity index is 2.90. The molecule has 0 rings (SSSR count). The third-order valence-corrected chi connectivity index (χ3v) is 3.43. The number of hydrogen-bond donors (Lipinski definition) is 1. The predicted molar refractivity (Wildman–Crippen MR) is 60.7 cm³/mol. The Hall–Kier alpha value is 0.434. The van der Waals surface area contributed by atoms with Crippen molar-refractivity contribution in [2.45, 2.75) is 71.1 Å². The van der Waals surface area contributed by atoms with Crippen molar-refractivity contribution >= 4 is 0 Å². The second-order valence-corrected chi connectivity index (χ2v) is 5.58. The summed E-state index contributed by atoms with van der Waals surface area (Å²) in [6, 6.07) is 0. The van der Waals surface area contributed by atoms with E-state index in [1.165, 1.54) is 51.4 Å². The summed E-state index contributed by atoms with van der Waals surface area (Å²) in [5, 5.41) is 0. The molecule has 96 valence electrons. The molecule has 0 aliphatic rings. The van der Waals surface area contributed by atoms with E-state index in [0.29, 0.717) is 6.61 Å². The van der Waals surface area contributed by atoms with Crippen LogP contribution in [0.1, 0.15) is 71.1 Å². The van der Waals surface area contributed by atoms with Gasteiger partial charge >= 0.3 is 99.8 Å². The van der Waals surface area contributed by atoms with Crippen molar-refractivity contribution in [1.82, 2.24) is 0 Å². The molecular formula is C12H26O3Ti. The molecule has 0 aliphatic carbocycles. The van der Waals surface area contributed by atoms with Gasteiger partial charge in [0.2, 0.25) is 0 Å². The van der Waals surface area contributed by atoms with E-state index in [0.717, 1.165) is 12.8 Å². The minimum absolute atomic E-state index is 0.464. The molecule has 0 heterocycles. The fourth-order valence-electron chi connectivity index (χ4n) is 1.75. The molecule has 0 aromatic heterocycles. The van der Waals surface area contributed by atoms with Gasteiger partial charge in [0.15, 0.2) is 0 Å². The van der Waals surface area contributed by atoms with E-state index in [1.807, 2.05) is 0 Å². The molecule has 4 heteroatoms. The first-order chi connectivity index (χ1) is 7.77. The van der Waals surface area contributed by atoms with Gasteiger partial charge in [0.1, 0.15) is 0 Å². The molecule has 16 heavy (non-hydrogen) atoms. The van der Waals surface area contributed by atoms with Crippen LogP contribution in [0, 0.1) is 0 Å². The molecule has 0 fully saturated rings. The zero-order valence-electron chi connectivity index (χ0n) is 10.5. The van der Waals surface area contributed by atoms with Crippen LogP contribution in [0.4, 0.5) is 0 Å². The van der Waals surface area contributed by atoms with Crippen LogP contribution in [0.5, 0.6) is 0 Å². The van der Waals surface area contributed by atoms with E-state index in [-0.39, 0.29) is 0 Å². The van der Waals surface area contributed by atoms with Gasteiger partial charge in [-0.05, 0) is 0 Å². The van der Waals surface area contributed by atoms with Crippen LogP contribution < -0.4 is 0 Å². The van der Waals surface area contributed by atoms with E-state index >= 15 is 0 Å². The van der Waals surface area contributed by atoms with Crippen LogP contribution in [-0.4, -0.2) is 10.3 Å². The molecule has 3 nitrogen and oxygen atoms in total. The molecule has 0 aromatic carbocycles. The molecule has 0 aliphatic heterocycles. The third-order valence-electron chi connectivity index (χ3n) is 2.72. The van der Waals surface area contributed by atoms with Crippen molar-refractivity contribution in [2.24, 2.45) is 0 Å². The zero-order valence-corrected chi connectivity index (χ0v) is 12.1. The monoisotopic (exact) mass is 266 g/mol. The van der Waals surface area contributed by atoms with Crippen molar-refractivity contribution in [1.29, 1.82) is 0 Å². The van der Waals surface area contributed by atoms with E-state index < -0.39 is 18.6 Å². The second kappa shape index (κ2) is 13.5. The molecule has 0 bridgehead atoms. The Morgan fingerprint density at radius 3 is 1.75 bits per heavy atom. The van der Waals surface area contributed by atoms with Crippen LogP contribution in [0.2, 0.25) is 0 Å². The first kappa shape index (κ1) is 16.4. The Kier molecular flexibility index (Phi) is 13.9. The molecule has 0 spiro atoms. The maximum atomic E-state index is 10.3. The standard InChI is InChI=1S/C12H25O.H2O.O.Ti/c1-2-3-4-5-6-7-8-9-10-11-12-13;;;/h2-12H2,1H3;1H2;;/q-1;;;+2/p-1. The van der Waals surface area contributed by atoms with Gasteiger partial charge < -0.3 is 0 Å². The summed E-state index contributed by atoms with van der Waals surface area (Å²) in [4.78, 5) is 0. The molecule has 0 atom stereocenters. The van der Waals surface area contributed by atoms with E-state index in [4.69, 9.17) is 3.69 Å². The Morgan fingerprint density at radius 1 is 0.875 bits per heavy atom. The second-order valence-electron chi connectivity index (χ2n) is 4.30. The third kappa shape index (κ3) is 14.4. The average molecular weight is 266 g/mol. The van der Waals surface area contributed by atoms with Crippen molar-refractivity contribution < 1.29 is 28.9 Å². The first-order valence-electron chi connectivity index (χ1n) is 6.63. The molecule has 0 saturated heterocycles. The minimum atomic E-state index is -3.23. The predicted octanol–water partition coefficient (Wildman–Crippen LogP) is 3.71. The summed E-state index contributed by atoms with van der Waals surface area (Å²) in [5.74, 6) is 0. The van der Waals surface area contributed by atoms with Crippen LogP contribution in [0.25, 0.3) is 0 Å². The molecule has 0 amide bonds. The van der Waals surface area contributed by atoms with Crippen LogP contribution in [0.3, 0.4) is 0 Å². The van der Waals surface area contributed by atoms with Crippen LogP contribution >= 0.6 is 0 Å². The summed E-state index contributed by atoms with van der Waals surface area (Å²) >= 11 is -3.23. The van der Waals surface area contributed by atoms with Gasteiger partial charge in [-0.1, -0.05) is 6.92 Å². The number of rotatable bonds is 12. The van der Waals surface area contributed by atoms with Gasteiger partial charge in [-0.25, -0.2) is 0 Å². The Bertz CT molecular complexity index is 162. The summed E-state index contributed by atoms with van der Waals surface area (Å²) in [6.07, 6.45) is 12.7. The molecule has 0 radical (unpaired) electrons. The summed E-state index contributed by atoms with van der Waals surface area (Å²) < 4.78 is 23.5. The summed E-state index contributed by atoms with van der Waals surface area (Å²) in [5.41, 5.74) is 0. The Morgan fingerprint density at radius 2 is 1.31 bits per heavy atom. The molecule has 1 N–H and O–H groups in total. The van der Waals surface area contributed by atoms with Gasteiger partial charge in [-0.3, -0.25) is 0 Å². The fraction of sp³-hybridized carbons (Fsp3) is 1.00. The Labute approximate surface area is 107 Å². The quantitative estimate of drug-likeness (QED) is 0.432. The van der Waals surface area contributed by atoms with Crippen molar-refractivity contribution in [2.75, 3.05) is 6.61 Å². The topological polar surface area (TPSA) is 46.5 Å². The number of unbranched alkanes of at least 4 members (excludes halogenated alkanes) is 9. The van der Waals surface area contributed by atoms with Gasteiger partial charge in [0.05, 0.1) is 0 Å². The molecule has 0 unspecified atom stereocenters. The molecule has 0 saturated carbocycles. The van der Waals surface area contributed by atoms with Crippen LogP contribution in [0.15, 0.2) is 0 Å². The summed E-state index contributed by atoms with van der Waals surface area (Å²) in [6.45, 7) is 2.70. The molecule has 0 aromatic rings. The van der Waals surface area contributed by atoms with Crippen molar-refractivity contribution in [3.05, 3.63) is 0 Å². The zero-order chi connectivity index (χ0) is 12.1. The number of hydrogen-bond acceptors (Lipinski definition) is 2. The van der Waals surface area contributed by atoms with E-state index in [1.54, 1.807) is 0 Å². The SMILES string of the molecule is CCCCCCCCCCCC[O][Ti](=[O])[OH]. The van der Waals surface area contributed by atoms with Gasteiger partial charge in [-0.2, -0.15) is 0 Å². The van der Waals surface area contributed by atoms with Crippen molar-refractivity contribution in [3.8, 4) is 0 Å². The van der Waals surface area contributed by atoms with Gasteiger partial charge in [-0.15, -0.1) is 0 Å². The average Bonchev–Trinajstić information content (AvgIpc) is 2.25. The maximum absolute atomic E-state index is 10.3. The fourth-order valence-corrected chi connectivity index (χ4v) is 2.25. The first-order valence-corrected chi connectivity index (χ1v) is 8.60. The van der Waals surface area contributed by atoms with E-state index in [2.05, 4.69) is 10.2 Å². The van der Waals surface area contributed by atoms with Gasteiger partial charge in [0.25, 0.3) is 0 Å². The molecular weight excluding hydrogens is 240 g/mol. The van der Waals surface area contributed by atoms with Crippen LogP contribution in [-0.2, 0) is 25.3 Å². The summed E-state index contributed by atoms with van der Waals surface area (Å²) in [7, 11) is 0. The van der Waals surface area contributed by atoms with Crippen molar-refractivity contribution in [3.63, 3.8) is 0 Å². The van der Waals surface area contributed by atoms with Gasteiger partial charge in [0, 0.05) is 0 Å².